The normalized spacial score (nSPS) is 11.4. The molecule has 0 spiro atoms. The fourth-order valence-electron chi connectivity index (χ4n) is 1.89. The zero-order valence-corrected chi connectivity index (χ0v) is 12.2. The van der Waals surface area contributed by atoms with Crippen molar-refractivity contribution >= 4 is 11.3 Å². The minimum atomic E-state index is -2.36. The standard InChI is InChI=1S/C15H16.H3NO2S/c1-11-9-10-15(13(3)12(11)2)14-7-5-4-6-8-14;1-4(2)3/h4-10H,1-3H3;1H2,(H,2,3)/p-1. The van der Waals surface area contributed by atoms with E-state index in [1.54, 1.807) is 0 Å². The summed E-state index contributed by atoms with van der Waals surface area (Å²) in [4.78, 5) is 0. The van der Waals surface area contributed by atoms with Gasteiger partial charge >= 0.3 is 0 Å². The third-order valence-electron chi connectivity index (χ3n) is 3.14. The van der Waals surface area contributed by atoms with E-state index in [0.717, 1.165) is 0 Å². The molecule has 3 nitrogen and oxygen atoms in total. The van der Waals surface area contributed by atoms with Crippen LogP contribution in [0.5, 0.6) is 0 Å². The minimum absolute atomic E-state index is 1.30. The lowest BCUT2D eigenvalue weighted by Gasteiger charge is -2.11. The van der Waals surface area contributed by atoms with Crippen LogP contribution < -0.4 is 5.14 Å². The first-order valence-electron chi connectivity index (χ1n) is 5.89. The molecular weight excluding hydrogens is 258 g/mol. The Morgan fingerprint density at radius 2 is 1.47 bits per heavy atom. The van der Waals surface area contributed by atoms with E-state index in [1.165, 1.54) is 27.8 Å². The Hall–Kier alpha value is -1.49. The second-order valence-corrected chi connectivity index (χ2v) is 4.83. The zero-order valence-electron chi connectivity index (χ0n) is 11.3. The highest BCUT2D eigenvalue weighted by Gasteiger charge is 2.04. The van der Waals surface area contributed by atoms with E-state index in [0.29, 0.717) is 0 Å². The Morgan fingerprint density at radius 1 is 0.947 bits per heavy atom. The van der Waals surface area contributed by atoms with Gasteiger partial charge in [0.15, 0.2) is 0 Å². The molecule has 0 aliphatic carbocycles. The number of hydrogen-bond donors (Lipinski definition) is 1. The molecule has 0 amide bonds. The van der Waals surface area contributed by atoms with Crippen LogP contribution >= 0.6 is 0 Å². The second-order valence-electron chi connectivity index (χ2n) is 4.31. The lowest BCUT2D eigenvalue weighted by molar-refractivity contribution is 0.539. The first-order valence-corrected chi connectivity index (χ1v) is 7.03. The SMILES string of the molecule is Cc1ccc(-c2ccccc2)c(C)c1C.NS(=O)[O-]. The maximum atomic E-state index is 8.78. The second kappa shape index (κ2) is 7.19. The summed E-state index contributed by atoms with van der Waals surface area (Å²) in [6.07, 6.45) is 0. The van der Waals surface area contributed by atoms with Crippen LogP contribution in [0, 0.1) is 20.8 Å². The van der Waals surface area contributed by atoms with Gasteiger partial charge in [0.25, 0.3) is 0 Å². The van der Waals surface area contributed by atoms with Gasteiger partial charge in [0.1, 0.15) is 0 Å². The van der Waals surface area contributed by atoms with Crippen molar-refractivity contribution in [1.29, 1.82) is 0 Å². The van der Waals surface area contributed by atoms with Gasteiger partial charge in [-0.15, -0.1) is 0 Å². The molecule has 2 aromatic carbocycles. The van der Waals surface area contributed by atoms with Crippen LogP contribution in [0.25, 0.3) is 11.1 Å². The van der Waals surface area contributed by atoms with E-state index in [9.17, 15) is 0 Å². The Morgan fingerprint density at radius 3 is 2.00 bits per heavy atom. The largest absolute Gasteiger partial charge is 0.760 e. The Kier molecular flexibility index (Phi) is 5.89. The molecule has 19 heavy (non-hydrogen) atoms. The highest BCUT2D eigenvalue weighted by atomic mass is 32.2. The number of benzene rings is 2. The zero-order chi connectivity index (χ0) is 14.4. The van der Waals surface area contributed by atoms with Gasteiger partial charge in [-0.1, -0.05) is 42.5 Å². The van der Waals surface area contributed by atoms with Gasteiger partial charge in [-0.05, 0) is 48.6 Å². The van der Waals surface area contributed by atoms with Gasteiger partial charge in [-0.2, -0.15) is 0 Å². The molecule has 0 saturated carbocycles. The highest BCUT2D eigenvalue weighted by molar-refractivity contribution is 7.76. The highest BCUT2D eigenvalue weighted by Crippen LogP contribution is 2.26. The molecule has 0 saturated heterocycles. The summed E-state index contributed by atoms with van der Waals surface area (Å²) in [7, 11) is 0. The molecule has 0 heterocycles. The van der Waals surface area contributed by atoms with Crippen LogP contribution in [0.2, 0.25) is 0 Å². The lowest BCUT2D eigenvalue weighted by Crippen LogP contribution is -1.97. The van der Waals surface area contributed by atoms with E-state index in [-0.39, 0.29) is 0 Å². The molecule has 4 heteroatoms. The van der Waals surface area contributed by atoms with Crippen molar-refractivity contribution in [3.05, 3.63) is 59.2 Å². The molecule has 2 rings (SSSR count). The average Bonchev–Trinajstić information content (AvgIpc) is 2.37. The number of nitrogens with two attached hydrogens (primary N) is 1. The summed E-state index contributed by atoms with van der Waals surface area (Å²) in [5.74, 6) is 0. The molecular formula is C15H18NO2S-. The van der Waals surface area contributed by atoms with Crippen LogP contribution in [0.4, 0.5) is 0 Å². The van der Waals surface area contributed by atoms with E-state index in [1.807, 2.05) is 0 Å². The fourth-order valence-corrected chi connectivity index (χ4v) is 1.89. The summed E-state index contributed by atoms with van der Waals surface area (Å²) in [6.45, 7) is 6.55. The van der Waals surface area contributed by atoms with E-state index >= 15 is 0 Å². The molecule has 0 radical (unpaired) electrons. The van der Waals surface area contributed by atoms with Crippen molar-refractivity contribution in [3.63, 3.8) is 0 Å². The number of rotatable bonds is 1. The number of hydrogen-bond acceptors (Lipinski definition) is 2. The molecule has 2 aromatic rings. The van der Waals surface area contributed by atoms with Gasteiger partial charge in [0.2, 0.25) is 0 Å². The van der Waals surface area contributed by atoms with E-state index < -0.39 is 11.3 Å². The summed E-state index contributed by atoms with van der Waals surface area (Å²) in [5.41, 5.74) is 6.81. The predicted molar refractivity (Wildman–Crippen MR) is 79.2 cm³/mol. The van der Waals surface area contributed by atoms with Crippen molar-refractivity contribution in [3.8, 4) is 11.1 Å². The monoisotopic (exact) mass is 276 g/mol. The van der Waals surface area contributed by atoms with Crippen molar-refractivity contribution in [2.45, 2.75) is 20.8 Å². The minimum Gasteiger partial charge on any atom is -0.760 e. The maximum Gasteiger partial charge on any atom is 0.0152 e. The molecule has 0 aromatic heterocycles. The first-order chi connectivity index (χ1) is 8.93. The topological polar surface area (TPSA) is 66.2 Å². The lowest BCUT2D eigenvalue weighted by atomic mass is 9.94. The van der Waals surface area contributed by atoms with Crippen molar-refractivity contribution < 1.29 is 8.76 Å². The summed E-state index contributed by atoms with van der Waals surface area (Å²) < 4.78 is 17.6. The van der Waals surface area contributed by atoms with E-state index in [2.05, 4.69) is 68.4 Å². The number of aryl methyl sites for hydroxylation is 1. The van der Waals surface area contributed by atoms with E-state index in [4.69, 9.17) is 8.76 Å². The van der Waals surface area contributed by atoms with Crippen LogP contribution in [0.3, 0.4) is 0 Å². The molecule has 102 valence electrons. The third kappa shape index (κ3) is 4.59. The van der Waals surface area contributed by atoms with Crippen LogP contribution in [0.1, 0.15) is 16.7 Å². The van der Waals surface area contributed by atoms with Crippen LogP contribution in [-0.4, -0.2) is 8.76 Å². The summed E-state index contributed by atoms with van der Waals surface area (Å²) >= 11 is -2.36. The van der Waals surface area contributed by atoms with Gasteiger partial charge < -0.3 is 4.55 Å². The van der Waals surface area contributed by atoms with Crippen LogP contribution in [-0.2, 0) is 11.3 Å². The maximum absolute atomic E-state index is 8.78. The molecule has 0 aliphatic rings. The molecule has 1 atom stereocenters. The quantitative estimate of drug-likeness (QED) is 0.814. The Bertz CT molecular complexity index is 564. The van der Waals surface area contributed by atoms with Crippen molar-refractivity contribution in [2.24, 2.45) is 5.14 Å². The van der Waals surface area contributed by atoms with Crippen LogP contribution in [0.15, 0.2) is 42.5 Å². The summed E-state index contributed by atoms with van der Waals surface area (Å²) in [6, 6.07) is 15.0. The fraction of sp³-hybridized carbons (Fsp3) is 0.200. The molecule has 1 unspecified atom stereocenters. The smallest absolute Gasteiger partial charge is 0.0152 e. The molecule has 2 N–H and O–H groups in total. The van der Waals surface area contributed by atoms with Crippen molar-refractivity contribution in [1.82, 2.24) is 0 Å². The van der Waals surface area contributed by atoms with Gasteiger partial charge in [-0.25, -0.2) is 0 Å². The summed E-state index contributed by atoms with van der Waals surface area (Å²) in [5, 5.41) is 4.03. The van der Waals surface area contributed by atoms with Crippen molar-refractivity contribution in [2.75, 3.05) is 0 Å². The molecule has 0 fully saturated rings. The third-order valence-corrected chi connectivity index (χ3v) is 3.14. The first kappa shape index (κ1) is 15.6. The molecule has 0 bridgehead atoms. The van der Waals surface area contributed by atoms with Gasteiger partial charge in [-0.3, -0.25) is 9.35 Å². The van der Waals surface area contributed by atoms with Gasteiger partial charge in [0.05, 0.1) is 0 Å². The average molecular weight is 276 g/mol. The predicted octanol–water partition coefficient (Wildman–Crippen LogP) is 3.02. The molecule has 0 aliphatic heterocycles. The van der Waals surface area contributed by atoms with Gasteiger partial charge in [0, 0.05) is 11.3 Å². The Balaban J connectivity index is 0.000000399. The Labute approximate surface area is 116 Å².